The smallest absolute Gasteiger partial charge is 0.0725 e. The van der Waals surface area contributed by atoms with Crippen LogP contribution in [0.3, 0.4) is 0 Å². The van der Waals surface area contributed by atoms with Gasteiger partial charge in [0.2, 0.25) is 0 Å². The van der Waals surface area contributed by atoms with Gasteiger partial charge in [0.05, 0.1) is 5.71 Å². The van der Waals surface area contributed by atoms with Gasteiger partial charge >= 0.3 is 0 Å². The molecule has 0 spiro atoms. The van der Waals surface area contributed by atoms with Crippen LogP contribution < -0.4 is 5.32 Å². The molecule has 2 heteroatoms. The fourth-order valence-electron chi connectivity index (χ4n) is 2.65. The molecule has 27 heavy (non-hydrogen) atoms. The Morgan fingerprint density at radius 1 is 1.00 bits per heavy atom. The fourth-order valence-corrected chi connectivity index (χ4v) is 2.65. The van der Waals surface area contributed by atoms with Crippen molar-refractivity contribution in [1.82, 2.24) is 5.32 Å². The minimum absolute atomic E-state index is 0.796. The van der Waals surface area contributed by atoms with Crippen molar-refractivity contribution in [3.8, 4) is 0 Å². The number of nitrogens with one attached hydrogen (secondary N) is 1. The third-order valence-electron chi connectivity index (χ3n) is 4.63. The minimum Gasteiger partial charge on any atom is -0.384 e. The standard InChI is InChI=1S/C25H30N2/c1-7-19(3)22(6)27-25(24-11-9-8-10-20(24)4)16-21(5)26-17-23-14-12-18(2)13-15-23/h7-16,26H,1,17H2,2-6H3/b21-16+,22-19+,27-25-. The summed E-state index contributed by atoms with van der Waals surface area (Å²) >= 11 is 0. The first-order valence-electron chi connectivity index (χ1n) is 9.33. The quantitative estimate of drug-likeness (QED) is 0.458. The van der Waals surface area contributed by atoms with E-state index >= 15 is 0 Å². The van der Waals surface area contributed by atoms with Gasteiger partial charge in [-0.1, -0.05) is 66.7 Å². The molecule has 2 rings (SSSR count). The molecule has 0 aliphatic rings. The number of aliphatic imine (C=N–C) groups is 1. The van der Waals surface area contributed by atoms with E-state index < -0.39 is 0 Å². The van der Waals surface area contributed by atoms with Crippen LogP contribution in [0.5, 0.6) is 0 Å². The van der Waals surface area contributed by atoms with Crippen LogP contribution >= 0.6 is 0 Å². The molecular weight excluding hydrogens is 328 g/mol. The van der Waals surface area contributed by atoms with Gasteiger partial charge in [0.25, 0.3) is 0 Å². The summed E-state index contributed by atoms with van der Waals surface area (Å²) < 4.78 is 0. The van der Waals surface area contributed by atoms with E-state index in [1.54, 1.807) is 0 Å². The molecule has 0 saturated carbocycles. The van der Waals surface area contributed by atoms with Crippen LogP contribution in [-0.2, 0) is 6.54 Å². The lowest BCUT2D eigenvalue weighted by molar-refractivity contribution is 0.813. The maximum absolute atomic E-state index is 4.89. The lowest BCUT2D eigenvalue weighted by Crippen LogP contribution is -2.13. The normalized spacial score (nSPS) is 13.2. The van der Waals surface area contributed by atoms with Crippen LogP contribution in [0.25, 0.3) is 0 Å². The van der Waals surface area contributed by atoms with Crippen LogP contribution in [0, 0.1) is 13.8 Å². The Balaban J connectivity index is 2.31. The van der Waals surface area contributed by atoms with Crippen molar-refractivity contribution >= 4 is 5.71 Å². The number of rotatable bonds is 7. The summed E-state index contributed by atoms with van der Waals surface area (Å²) in [5, 5.41) is 3.50. The molecule has 0 aliphatic heterocycles. The third kappa shape index (κ3) is 6.10. The first-order valence-corrected chi connectivity index (χ1v) is 9.33. The summed E-state index contributed by atoms with van der Waals surface area (Å²) in [6.07, 6.45) is 3.97. The molecule has 0 aliphatic carbocycles. The first-order chi connectivity index (χ1) is 12.9. The van der Waals surface area contributed by atoms with E-state index in [9.17, 15) is 0 Å². The largest absolute Gasteiger partial charge is 0.384 e. The first kappa shape index (κ1) is 20.4. The van der Waals surface area contributed by atoms with Gasteiger partial charge in [-0.25, -0.2) is 0 Å². The third-order valence-corrected chi connectivity index (χ3v) is 4.63. The summed E-state index contributed by atoms with van der Waals surface area (Å²) in [6.45, 7) is 15.0. The predicted molar refractivity (Wildman–Crippen MR) is 118 cm³/mol. The second-order valence-electron chi connectivity index (χ2n) is 6.95. The van der Waals surface area contributed by atoms with Crippen molar-refractivity contribution < 1.29 is 0 Å². The molecule has 2 aromatic carbocycles. The van der Waals surface area contributed by atoms with E-state index in [4.69, 9.17) is 4.99 Å². The van der Waals surface area contributed by atoms with E-state index in [-0.39, 0.29) is 0 Å². The highest BCUT2D eigenvalue weighted by Crippen LogP contribution is 2.15. The van der Waals surface area contributed by atoms with Gasteiger partial charge in [0.15, 0.2) is 0 Å². The summed E-state index contributed by atoms with van der Waals surface area (Å²) in [4.78, 5) is 4.89. The molecule has 140 valence electrons. The number of nitrogens with zero attached hydrogens (tertiary/aromatic N) is 1. The van der Waals surface area contributed by atoms with Crippen molar-refractivity contribution in [2.75, 3.05) is 0 Å². The highest BCUT2D eigenvalue weighted by atomic mass is 14.9. The van der Waals surface area contributed by atoms with Crippen molar-refractivity contribution in [2.45, 2.75) is 41.2 Å². The molecule has 0 aromatic heterocycles. The summed E-state index contributed by atoms with van der Waals surface area (Å²) in [5.74, 6) is 0. The van der Waals surface area contributed by atoms with E-state index in [0.717, 1.165) is 34.8 Å². The Morgan fingerprint density at radius 2 is 1.67 bits per heavy atom. The average Bonchev–Trinajstić information content (AvgIpc) is 2.66. The highest BCUT2D eigenvalue weighted by molar-refractivity contribution is 6.10. The van der Waals surface area contributed by atoms with Crippen molar-refractivity contribution in [3.05, 3.63) is 106 Å². The Labute approximate surface area is 164 Å². The molecule has 0 atom stereocenters. The van der Waals surface area contributed by atoms with Gasteiger partial charge in [-0.2, -0.15) is 0 Å². The van der Waals surface area contributed by atoms with Crippen molar-refractivity contribution in [2.24, 2.45) is 4.99 Å². The maximum Gasteiger partial charge on any atom is 0.0725 e. The number of aryl methyl sites for hydroxylation is 2. The molecule has 2 aromatic rings. The topological polar surface area (TPSA) is 24.4 Å². The minimum atomic E-state index is 0.796. The zero-order chi connectivity index (χ0) is 19.8. The molecule has 0 amide bonds. The van der Waals surface area contributed by atoms with Crippen LogP contribution in [0.15, 0.2) is 89.2 Å². The van der Waals surface area contributed by atoms with Gasteiger partial charge in [0, 0.05) is 23.5 Å². The van der Waals surface area contributed by atoms with Crippen LogP contribution in [0.1, 0.15) is 43.0 Å². The van der Waals surface area contributed by atoms with Gasteiger partial charge < -0.3 is 5.32 Å². The summed E-state index contributed by atoms with van der Waals surface area (Å²) in [5.41, 5.74) is 9.00. The molecule has 0 saturated heterocycles. The van der Waals surface area contributed by atoms with Crippen LogP contribution in [0.4, 0.5) is 0 Å². The van der Waals surface area contributed by atoms with Crippen molar-refractivity contribution in [3.63, 3.8) is 0 Å². The Bertz CT molecular complexity index is 881. The molecule has 0 heterocycles. The summed E-state index contributed by atoms with van der Waals surface area (Å²) in [7, 11) is 0. The zero-order valence-electron chi connectivity index (χ0n) is 17.1. The molecule has 0 bridgehead atoms. The number of benzene rings is 2. The average molecular weight is 359 g/mol. The molecular formula is C25H30N2. The van der Waals surface area contributed by atoms with E-state index in [0.29, 0.717) is 0 Å². The number of hydrogen-bond acceptors (Lipinski definition) is 2. The van der Waals surface area contributed by atoms with Gasteiger partial charge in [-0.3, -0.25) is 4.99 Å². The zero-order valence-corrected chi connectivity index (χ0v) is 17.1. The lowest BCUT2D eigenvalue weighted by atomic mass is 10.0. The van der Waals surface area contributed by atoms with Gasteiger partial charge in [0.1, 0.15) is 0 Å². The SMILES string of the molecule is C=C/C(C)=C(C)/N=C(/C=C(\C)NCc1ccc(C)cc1)c1ccccc1C. The monoisotopic (exact) mass is 358 g/mol. The van der Waals surface area contributed by atoms with Gasteiger partial charge in [-0.05, 0) is 57.4 Å². The highest BCUT2D eigenvalue weighted by Gasteiger charge is 2.06. The van der Waals surface area contributed by atoms with Gasteiger partial charge in [-0.15, -0.1) is 0 Å². The molecule has 2 nitrogen and oxygen atoms in total. The molecule has 0 fully saturated rings. The van der Waals surface area contributed by atoms with Crippen LogP contribution in [0.2, 0.25) is 0 Å². The van der Waals surface area contributed by atoms with Crippen LogP contribution in [-0.4, -0.2) is 5.71 Å². The second-order valence-corrected chi connectivity index (χ2v) is 6.95. The van der Waals surface area contributed by atoms with E-state index in [1.165, 1.54) is 16.7 Å². The number of allylic oxidation sites excluding steroid dienone is 5. The molecule has 1 N–H and O–H groups in total. The Kier molecular flexibility index (Phi) is 7.36. The second kappa shape index (κ2) is 9.72. The predicted octanol–water partition coefficient (Wildman–Crippen LogP) is 6.27. The number of hydrogen-bond donors (Lipinski definition) is 1. The van der Waals surface area contributed by atoms with E-state index in [2.05, 4.69) is 87.3 Å². The lowest BCUT2D eigenvalue weighted by Gasteiger charge is -2.11. The molecule has 0 unspecified atom stereocenters. The van der Waals surface area contributed by atoms with Crippen molar-refractivity contribution in [1.29, 1.82) is 0 Å². The Morgan fingerprint density at radius 3 is 2.30 bits per heavy atom. The molecule has 0 radical (unpaired) electrons. The summed E-state index contributed by atoms with van der Waals surface area (Å²) in [6, 6.07) is 17.0. The Hall–Kier alpha value is -2.87. The fraction of sp³-hybridized carbons (Fsp3) is 0.240. The maximum atomic E-state index is 4.89. The van der Waals surface area contributed by atoms with E-state index in [1.807, 2.05) is 19.9 Å².